The van der Waals surface area contributed by atoms with Gasteiger partial charge in [-0.15, -0.1) is 12.4 Å². The molecule has 1 N–H and O–H groups in total. The third-order valence-corrected chi connectivity index (χ3v) is 4.70. The lowest BCUT2D eigenvalue weighted by Gasteiger charge is -2.31. The van der Waals surface area contributed by atoms with Crippen LogP contribution in [0.25, 0.3) is 5.69 Å². The van der Waals surface area contributed by atoms with E-state index in [4.69, 9.17) is 23.2 Å². The van der Waals surface area contributed by atoms with Gasteiger partial charge in [0.15, 0.2) is 0 Å². The largest absolute Gasteiger partial charge is 0.339 e. The Morgan fingerprint density at radius 2 is 2.04 bits per heavy atom. The number of piperidine rings is 1. The average Bonchev–Trinajstić information content (AvgIpc) is 3.04. The minimum atomic E-state index is -0.0202. The molecule has 0 bridgehead atoms. The highest BCUT2D eigenvalue weighted by Gasteiger charge is 2.24. The molecule has 0 atom stereocenters. The van der Waals surface area contributed by atoms with Crippen LogP contribution in [0.3, 0.4) is 0 Å². The summed E-state index contributed by atoms with van der Waals surface area (Å²) in [6, 6.07) is 5.45. The van der Waals surface area contributed by atoms with Crippen molar-refractivity contribution in [1.29, 1.82) is 0 Å². The summed E-state index contributed by atoms with van der Waals surface area (Å²) >= 11 is 12.1. The first kappa shape index (κ1) is 19.1. The SMILES string of the molecule is CN(C(=O)c1cnn(-c2ccc(Cl)cc2Cl)c1)C1CCNCC1.Cl. The first-order chi connectivity index (χ1) is 11.1. The van der Waals surface area contributed by atoms with Crippen LogP contribution >= 0.6 is 35.6 Å². The standard InChI is InChI=1S/C16H18Cl2N4O.ClH/c1-21(13-4-6-19-7-5-13)16(23)11-9-20-22(10-11)15-3-2-12(17)8-14(15)18;/h2-3,8-10,13,19H,4-7H2,1H3;1H. The molecule has 2 aromatic rings. The van der Waals surface area contributed by atoms with Crippen molar-refractivity contribution in [2.45, 2.75) is 18.9 Å². The second-order valence-electron chi connectivity index (χ2n) is 5.67. The molecule has 8 heteroatoms. The smallest absolute Gasteiger partial charge is 0.257 e. The summed E-state index contributed by atoms with van der Waals surface area (Å²) in [4.78, 5) is 14.4. The van der Waals surface area contributed by atoms with Gasteiger partial charge < -0.3 is 10.2 Å². The Morgan fingerprint density at radius 3 is 2.71 bits per heavy atom. The van der Waals surface area contributed by atoms with Gasteiger partial charge in [0, 0.05) is 24.3 Å². The fourth-order valence-corrected chi connectivity index (χ4v) is 3.29. The number of hydrogen-bond donors (Lipinski definition) is 1. The van der Waals surface area contributed by atoms with Crippen molar-refractivity contribution in [3.63, 3.8) is 0 Å². The number of nitrogens with one attached hydrogen (secondary N) is 1. The van der Waals surface area contributed by atoms with Gasteiger partial charge in [-0.05, 0) is 44.1 Å². The van der Waals surface area contributed by atoms with Crippen molar-refractivity contribution >= 4 is 41.5 Å². The zero-order chi connectivity index (χ0) is 16.4. The van der Waals surface area contributed by atoms with Crippen molar-refractivity contribution in [2.24, 2.45) is 0 Å². The van der Waals surface area contributed by atoms with Crippen LogP contribution in [0, 0.1) is 0 Å². The summed E-state index contributed by atoms with van der Waals surface area (Å²) in [5.74, 6) is -0.0202. The number of nitrogens with zero attached hydrogens (tertiary/aromatic N) is 3. The Labute approximate surface area is 157 Å². The third kappa shape index (κ3) is 4.03. The summed E-state index contributed by atoms with van der Waals surface area (Å²) in [5.41, 5.74) is 1.25. The molecule has 5 nitrogen and oxygen atoms in total. The summed E-state index contributed by atoms with van der Waals surface area (Å²) in [7, 11) is 1.85. The van der Waals surface area contributed by atoms with Gasteiger partial charge >= 0.3 is 0 Å². The first-order valence-electron chi connectivity index (χ1n) is 7.54. The van der Waals surface area contributed by atoms with Crippen LogP contribution in [-0.2, 0) is 0 Å². The van der Waals surface area contributed by atoms with E-state index < -0.39 is 0 Å². The Hall–Kier alpha value is -1.27. The number of benzene rings is 1. The third-order valence-electron chi connectivity index (χ3n) is 4.16. The van der Waals surface area contributed by atoms with E-state index in [0.717, 1.165) is 25.9 Å². The van der Waals surface area contributed by atoms with Crippen LogP contribution in [0.2, 0.25) is 10.0 Å². The quantitative estimate of drug-likeness (QED) is 0.875. The lowest BCUT2D eigenvalue weighted by atomic mass is 10.0. The maximum Gasteiger partial charge on any atom is 0.257 e. The zero-order valence-electron chi connectivity index (χ0n) is 13.2. The van der Waals surface area contributed by atoms with Gasteiger partial charge in [-0.3, -0.25) is 4.79 Å². The van der Waals surface area contributed by atoms with E-state index in [1.165, 1.54) is 0 Å². The Kier molecular flexibility index (Phi) is 6.52. The van der Waals surface area contributed by atoms with Gasteiger partial charge in [0.25, 0.3) is 5.91 Å². The predicted octanol–water partition coefficient (Wildman–Crippen LogP) is 3.42. The molecule has 0 unspecified atom stereocenters. The second-order valence-corrected chi connectivity index (χ2v) is 6.51. The number of aromatic nitrogens is 2. The molecule has 3 rings (SSSR count). The van der Waals surface area contributed by atoms with Gasteiger partial charge in [0.05, 0.1) is 22.5 Å². The van der Waals surface area contributed by atoms with E-state index in [1.807, 2.05) is 11.9 Å². The van der Waals surface area contributed by atoms with Crippen molar-refractivity contribution in [2.75, 3.05) is 20.1 Å². The van der Waals surface area contributed by atoms with E-state index >= 15 is 0 Å². The van der Waals surface area contributed by atoms with Crippen molar-refractivity contribution in [3.05, 3.63) is 46.2 Å². The molecule has 0 saturated carbocycles. The molecule has 1 amide bonds. The molecule has 0 radical (unpaired) electrons. The molecule has 0 spiro atoms. The number of rotatable bonds is 3. The molecule has 130 valence electrons. The highest BCUT2D eigenvalue weighted by atomic mass is 35.5. The van der Waals surface area contributed by atoms with Gasteiger partial charge in [0.2, 0.25) is 0 Å². The minimum Gasteiger partial charge on any atom is -0.339 e. The van der Waals surface area contributed by atoms with Gasteiger partial charge in [0.1, 0.15) is 0 Å². The summed E-state index contributed by atoms with van der Waals surface area (Å²) in [5, 5.41) is 8.61. The number of halogens is 3. The Morgan fingerprint density at radius 1 is 1.33 bits per heavy atom. The molecule has 24 heavy (non-hydrogen) atoms. The normalized spacial score (nSPS) is 15.0. The maximum atomic E-state index is 12.6. The maximum absolute atomic E-state index is 12.6. The van der Waals surface area contributed by atoms with Crippen LogP contribution in [0.5, 0.6) is 0 Å². The Balaban J connectivity index is 0.00000208. The number of carbonyl (C=O) groups is 1. The van der Waals surface area contributed by atoms with Crippen LogP contribution < -0.4 is 5.32 Å². The molecular weight excluding hydrogens is 371 g/mol. The second kappa shape index (κ2) is 8.21. The topological polar surface area (TPSA) is 50.2 Å². The van der Waals surface area contributed by atoms with Crippen molar-refractivity contribution < 1.29 is 4.79 Å². The molecule has 1 aromatic carbocycles. The zero-order valence-corrected chi connectivity index (χ0v) is 15.5. The number of amides is 1. The predicted molar refractivity (Wildman–Crippen MR) is 98.8 cm³/mol. The lowest BCUT2D eigenvalue weighted by molar-refractivity contribution is 0.0703. The first-order valence-corrected chi connectivity index (χ1v) is 8.30. The van der Waals surface area contributed by atoms with E-state index in [9.17, 15) is 4.79 Å². The van der Waals surface area contributed by atoms with Gasteiger partial charge in [-0.2, -0.15) is 5.10 Å². The lowest BCUT2D eigenvalue weighted by Crippen LogP contribution is -2.43. The van der Waals surface area contributed by atoms with Crippen molar-refractivity contribution in [3.8, 4) is 5.69 Å². The highest BCUT2D eigenvalue weighted by Crippen LogP contribution is 2.24. The van der Waals surface area contributed by atoms with Gasteiger partial charge in [-0.1, -0.05) is 23.2 Å². The van der Waals surface area contributed by atoms with Crippen molar-refractivity contribution in [1.82, 2.24) is 20.0 Å². The summed E-state index contributed by atoms with van der Waals surface area (Å²) in [6.45, 7) is 1.89. The molecule has 1 aromatic heterocycles. The monoisotopic (exact) mass is 388 g/mol. The summed E-state index contributed by atoms with van der Waals surface area (Å²) < 4.78 is 1.60. The molecule has 1 fully saturated rings. The minimum absolute atomic E-state index is 0. The van der Waals surface area contributed by atoms with Crippen LogP contribution in [0.15, 0.2) is 30.6 Å². The van der Waals surface area contributed by atoms with Crippen LogP contribution in [-0.4, -0.2) is 46.8 Å². The molecule has 1 aliphatic rings. The molecule has 1 saturated heterocycles. The molecule has 0 aliphatic carbocycles. The molecular formula is C16H19Cl3N4O. The van der Waals surface area contributed by atoms with E-state index in [2.05, 4.69) is 10.4 Å². The van der Waals surface area contributed by atoms with Crippen LogP contribution in [0.1, 0.15) is 23.2 Å². The fraction of sp³-hybridized carbons (Fsp3) is 0.375. The number of hydrogen-bond acceptors (Lipinski definition) is 3. The van der Waals surface area contributed by atoms with E-state index in [0.29, 0.717) is 21.3 Å². The van der Waals surface area contributed by atoms with Gasteiger partial charge in [-0.25, -0.2) is 4.68 Å². The fourth-order valence-electron chi connectivity index (χ4n) is 2.80. The summed E-state index contributed by atoms with van der Waals surface area (Å²) in [6.07, 6.45) is 5.22. The average molecular weight is 390 g/mol. The van der Waals surface area contributed by atoms with E-state index in [-0.39, 0.29) is 24.4 Å². The highest BCUT2D eigenvalue weighted by molar-refractivity contribution is 6.35. The molecule has 2 heterocycles. The molecule has 1 aliphatic heterocycles. The van der Waals surface area contributed by atoms with E-state index in [1.54, 1.807) is 35.3 Å². The Bertz CT molecular complexity index is 713. The number of carbonyl (C=O) groups excluding carboxylic acids is 1. The van der Waals surface area contributed by atoms with Crippen LogP contribution in [0.4, 0.5) is 0 Å².